The second-order valence-electron chi connectivity index (χ2n) is 7.29. The van der Waals surface area contributed by atoms with E-state index < -0.39 is 0 Å². The average Bonchev–Trinajstić information content (AvgIpc) is 3.20. The molecule has 1 N–H and O–H groups in total. The quantitative estimate of drug-likeness (QED) is 0.279. The Bertz CT molecular complexity index is 1360. The van der Waals surface area contributed by atoms with E-state index in [1.807, 2.05) is 6.07 Å². The molecule has 0 aliphatic carbocycles. The van der Waals surface area contributed by atoms with Gasteiger partial charge in [0.05, 0.1) is 33.7 Å². The van der Waals surface area contributed by atoms with Gasteiger partial charge in [-0.2, -0.15) is 5.10 Å². The number of nitrogens with zero attached hydrogens (tertiary/aromatic N) is 2. The summed E-state index contributed by atoms with van der Waals surface area (Å²) >= 11 is 6.09. The molecule has 0 radical (unpaired) electrons. The van der Waals surface area contributed by atoms with Crippen molar-refractivity contribution in [1.29, 1.82) is 0 Å². The molecule has 0 saturated carbocycles. The van der Waals surface area contributed by atoms with Gasteiger partial charge in [-0.1, -0.05) is 41.9 Å². The number of hydrogen-bond donors (Lipinski definition) is 1. The lowest BCUT2D eigenvalue weighted by molar-refractivity contribution is 0.102. The number of halogens is 2. The van der Waals surface area contributed by atoms with Crippen molar-refractivity contribution in [2.24, 2.45) is 0 Å². The molecule has 0 saturated heterocycles. The van der Waals surface area contributed by atoms with Crippen molar-refractivity contribution < 1.29 is 14.0 Å². The van der Waals surface area contributed by atoms with E-state index in [-0.39, 0.29) is 17.5 Å². The first-order chi connectivity index (χ1) is 15.9. The Balaban J connectivity index is 1.48. The van der Waals surface area contributed by atoms with Crippen LogP contribution >= 0.6 is 11.6 Å². The predicted molar refractivity (Wildman–Crippen MR) is 127 cm³/mol. The van der Waals surface area contributed by atoms with E-state index >= 15 is 0 Å². The maximum atomic E-state index is 13.2. The zero-order chi connectivity index (χ0) is 23.4. The molecule has 33 heavy (non-hydrogen) atoms. The fourth-order valence-corrected chi connectivity index (χ4v) is 3.54. The van der Waals surface area contributed by atoms with Gasteiger partial charge in [0.25, 0.3) is 5.91 Å². The van der Waals surface area contributed by atoms with Crippen LogP contribution in [0.4, 0.5) is 10.1 Å². The molecule has 0 aliphatic rings. The highest BCUT2D eigenvalue weighted by atomic mass is 35.5. The fourth-order valence-electron chi connectivity index (χ4n) is 3.32. The molecule has 0 unspecified atom stereocenters. The van der Waals surface area contributed by atoms with Crippen LogP contribution in [0.2, 0.25) is 5.02 Å². The van der Waals surface area contributed by atoms with Crippen molar-refractivity contribution in [3.05, 3.63) is 118 Å². The van der Waals surface area contributed by atoms with E-state index in [1.54, 1.807) is 72.3 Å². The summed E-state index contributed by atoms with van der Waals surface area (Å²) in [6, 6.07) is 19.8. The van der Waals surface area contributed by atoms with Gasteiger partial charge in [-0.25, -0.2) is 9.07 Å². The molecule has 0 atom stereocenters. The molecule has 1 amide bonds. The standard InChI is InChI=1S/C26H19ClFN3O2/c1-17-23(16-29-31(17)21-12-10-19(28)11-13-21)25(32)14-9-18-5-4-6-20(15-18)30-26(33)22-7-2-3-8-24(22)27/h2-16H,1H3,(H,30,33). The molecule has 164 valence electrons. The number of allylic oxidation sites excluding steroid dienone is 1. The number of amides is 1. The summed E-state index contributed by atoms with van der Waals surface area (Å²) in [4.78, 5) is 25.2. The van der Waals surface area contributed by atoms with Crippen LogP contribution in [0.5, 0.6) is 0 Å². The molecule has 7 heteroatoms. The zero-order valence-electron chi connectivity index (χ0n) is 17.6. The first-order valence-corrected chi connectivity index (χ1v) is 10.5. The number of hydrogen-bond acceptors (Lipinski definition) is 3. The molecule has 0 bridgehead atoms. The van der Waals surface area contributed by atoms with Crippen LogP contribution in [0.1, 0.15) is 32.0 Å². The fraction of sp³-hybridized carbons (Fsp3) is 0.0385. The van der Waals surface area contributed by atoms with Gasteiger partial charge in [0.2, 0.25) is 0 Å². The van der Waals surface area contributed by atoms with Crippen molar-refractivity contribution in [1.82, 2.24) is 9.78 Å². The largest absolute Gasteiger partial charge is 0.322 e. The maximum absolute atomic E-state index is 13.2. The van der Waals surface area contributed by atoms with E-state index in [0.717, 1.165) is 5.56 Å². The molecular formula is C26H19ClFN3O2. The highest BCUT2D eigenvalue weighted by Gasteiger charge is 2.13. The minimum absolute atomic E-state index is 0.216. The van der Waals surface area contributed by atoms with Gasteiger partial charge >= 0.3 is 0 Å². The summed E-state index contributed by atoms with van der Waals surface area (Å²) in [5.74, 6) is -0.874. The smallest absolute Gasteiger partial charge is 0.257 e. The van der Waals surface area contributed by atoms with Gasteiger partial charge in [-0.3, -0.25) is 9.59 Å². The topological polar surface area (TPSA) is 64.0 Å². The molecule has 4 rings (SSSR count). The predicted octanol–water partition coefficient (Wildman–Crippen LogP) is 6.12. The molecule has 0 aliphatic heterocycles. The number of nitrogens with one attached hydrogen (secondary N) is 1. The molecule has 3 aromatic carbocycles. The minimum Gasteiger partial charge on any atom is -0.322 e. The van der Waals surface area contributed by atoms with Crippen LogP contribution < -0.4 is 5.32 Å². The van der Waals surface area contributed by atoms with Crippen LogP contribution in [0.25, 0.3) is 11.8 Å². The van der Waals surface area contributed by atoms with Crippen molar-refractivity contribution in [3.8, 4) is 5.69 Å². The highest BCUT2D eigenvalue weighted by Crippen LogP contribution is 2.19. The number of rotatable bonds is 6. The van der Waals surface area contributed by atoms with Gasteiger partial charge in [0, 0.05) is 5.69 Å². The van der Waals surface area contributed by atoms with E-state index in [1.165, 1.54) is 24.4 Å². The van der Waals surface area contributed by atoms with Gasteiger partial charge < -0.3 is 5.32 Å². The molecule has 0 fully saturated rings. The van der Waals surface area contributed by atoms with Crippen molar-refractivity contribution in [2.75, 3.05) is 5.32 Å². The Morgan fingerprint density at radius 1 is 1.00 bits per heavy atom. The minimum atomic E-state index is -0.340. The van der Waals surface area contributed by atoms with E-state index in [4.69, 9.17) is 11.6 Å². The van der Waals surface area contributed by atoms with Crippen molar-refractivity contribution in [2.45, 2.75) is 6.92 Å². The number of benzene rings is 3. The third-order valence-corrected chi connectivity index (χ3v) is 5.37. The summed E-state index contributed by atoms with van der Waals surface area (Å²) in [5, 5.41) is 7.44. The van der Waals surface area contributed by atoms with Gasteiger partial charge in [0.15, 0.2) is 5.78 Å². The lowest BCUT2D eigenvalue weighted by Crippen LogP contribution is -2.12. The van der Waals surface area contributed by atoms with Crippen LogP contribution in [0.15, 0.2) is 85.1 Å². The SMILES string of the molecule is Cc1c(C(=O)C=Cc2cccc(NC(=O)c3ccccc3Cl)c2)cnn1-c1ccc(F)cc1. The molecule has 4 aromatic rings. The number of anilines is 1. The third-order valence-electron chi connectivity index (χ3n) is 5.04. The molecule has 1 heterocycles. The van der Waals surface area contributed by atoms with Gasteiger partial charge in [-0.15, -0.1) is 0 Å². The first-order valence-electron chi connectivity index (χ1n) is 10.1. The summed E-state index contributed by atoms with van der Waals surface area (Å²) in [6.45, 7) is 1.78. The van der Waals surface area contributed by atoms with Gasteiger partial charge in [-0.05, 0) is 67.1 Å². The normalized spacial score (nSPS) is 11.0. The molecular weight excluding hydrogens is 441 g/mol. The van der Waals surface area contributed by atoms with Crippen LogP contribution in [0.3, 0.4) is 0 Å². The zero-order valence-corrected chi connectivity index (χ0v) is 18.4. The molecule has 1 aromatic heterocycles. The number of carbonyl (C=O) groups excluding carboxylic acids is 2. The average molecular weight is 460 g/mol. The van der Waals surface area contributed by atoms with Crippen LogP contribution in [0, 0.1) is 12.7 Å². The van der Waals surface area contributed by atoms with E-state index in [9.17, 15) is 14.0 Å². The Morgan fingerprint density at radius 3 is 2.52 bits per heavy atom. The second kappa shape index (κ2) is 9.63. The van der Waals surface area contributed by atoms with Gasteiger partial charge in [0.1, 0.15) is 5.82 Å². The molecule has 5 nitrogen and oxygen atoms in total. The van der Waals surface area contributed by atoms with Crippen LogP contribution in [-0.4, -0.2) is 21.5 Å². The monoisotopic (exact) mass is 459 g/mol. The Labute approximate surface area is 195 Å². The third kappa shape index (κ3) is 5.07. The molecule has 0 spiro atoms. The maximum Gasteiger partial charge on any atom is 0.257 e. The van der Waals surface area contributed by atoms with E-state index in [2.05, 4.69) is 10.4 Å². The summed E-state index contributed by atoms with van der Waals surface area (Å²) in [5.41, 5.74) is 3.46. The Morgan fingerprint density at radius 2 is 1.76 bits per heavy atom. The Hall–Kier alpha value is -4.03. The van der Waals surface area contributed by atoms with E-state index in [0.29, 0.717) is 33.2 Å². The lowest BCUT2D eigenvalue weighted by atomic mass is 10.1. The summed E-state index contributed by atoms with van der Waals surface area (Å²) < 4.78 is 14.8. The number of ketones is 1. The highest BCUT2D eigenvalue weighted by molar-refractivity contribution is 6.34. The van der Waals surface area contributed by atoms with Crippen LogP contribution in [-0.2, 0) is 0 Å². The summed E-state index contributed by atoms with van der Waals surface area (Å²) in [6.07, 6.45) is 4.61. The summed E-state index contributed by atoms with van der Waals surface area (Å²) in [7, 11) is 0. The van der Waals surface area contributed by atoms with Crippen molar-refractivity contribution >= 4 is 35.1 Å². The first kappa shape index (κ1) is 22.2. The Kier molecular flexibility index (Phi) is 6.47. The number of aromatic nitrogens is 2. The van der Waals surface area contributed by atoms with Crippen molar-refractivity contribution in [3.63, 3.8) is 0 Å². The second-order valence-corrected chi connectivity index (χ2v) is 7.70. The number of carbonyl (C=O) groups is 2. The lowest BCUT2D eigenvalue weighted by Gasteiger charge is -2.07.